The van der Waals surface area contributed by atoms with Crippen LogP contribution in [0.25, 0.3) is 0 Å². The van der Waals surface area contributed by atoms with Crippen molar-refractivity contribution >= 4 is 5.91 Å². The van der Waals surface area contributed by atoms with Crippen molar-refractivity contribution in [3.05, 3.63) is 47.5 Å². The van der Waals surface area contributed by atoms with E-state index in [1.807, 2.05) is 0 Å². The summed E-state index contributed by atoms with van der Waals surface area (Å²) in [6.45, 7) is 1.55. The van der Waals surface area contributed by atoms with Gasteiger partial charge in [-0.2, -0.15) is 0 Å². The monoisotopic (exact) mass is 266 g/mol. The summed E-state index contributed by atoms with van der Waals surface area (Å²) in [6, 6.07) is 2.79. The maximum atomic E-state index is 13.6. The van der Waals surface area contributed by atoms with Crippen LogP contribution in [0.1, 0.15) is 24.9 Å². The van der Waals surface area contributed by atoms with Crippen LogP contribution in [0.5, 0.6) is 0 Å². The standard InChI is InChI=1S/C14H16F2N2O/c1-8(13-11(15)3-2-4-12(13)16)18-14(19)9-5-6-10(17)7-9/h2-6,8-10H,7,17H2,1H3,(H,18,19). The summed E-state index contributed by atoms with van der Waals surface area (Å²) in [6.07, 6.45) is 4.02. The number of rotatable bonds is 3. The summed E-state index contributed by atoms with van der Waals surface area (Å²) in [5, 5.41) is 2.61. The van der Waals surface area contributed by atoms with Crippen LogP contribution in [0.4, 0.5) is 8.78 Å². The lowest BCUT2D eigenvalue weighted by Crippen LogP contribution is -2.33. The average Bonchev–Trinajstić information content (AvgIpc) is 2.75. The second kappa shape index (κ2) is 5.48. The summed E-state index contributed by atoms with van der Waals surface area (Å²) in [4.78, 5) is 11.9. The van der Waals surface area contributed by atoms with Gasteiger partial charge in [-0.3, -0.25) is 4.79 Å². The second-order valence-corrected chi connectivity index (χ2v) is 4.76. The van der Waals surface area contributed by atoms with Gasteiger partial charge in [0.25, 0.3) is 0 Å². The minimum atomic E-state index is -0.723. The molecule has 2 rings (SSSR count). The highest BCUT2D eigenvalue weighted by Gasteiger charge is 2.25. The molecule has 0 aliphatic heterocycles. The molecular formula is C14H16F2N2O. The van der Waals surface area contributed by atoms with Crippen molar-refractivity contribution in [2.45, 2.75) is 25.4 Å². The largest absolute Gasteiger partial charge is 0.349 e. The molecule has 1 amide bonds. The lowest BCUT2D eigenvalue weighted by molar-refractivity contribution is -0.124. The molecule has 1 aliphatic carbocycles. The van der Waals surface area contributed by atoms with Gasteiger partial charge >= 0.3 is 0 Å². The number of halogens is 2. The topological polar surface area (TPSA) is 55.1 Å². The minimum Gasteiger partial charge on any atom is -0.349 e. The van der Waals surface area contributed by atoms with Crippen molar-refractivity contribution in [3.63, 3.8) is 0 Å². The number of carbonyl (C=O) groups excluding carboxylic acids is 1. The first-order valence-corrected chi connectivity index (χ1v) is 6.17. The Hall–Kier alpha value is -1.75. The van der Waals surface area contributed by atoms with Gasteiger partial charge in [-0.05, 0) is 25.5 Å². The third-order valence-electron chi connectivity index (χ3n) is 3.24. The van der Waals surface area contributed by atoms with Crippen molar-refractivity contribution in [2.24, 2.45) is 11.7 Å². The number of benzene rings is 1. The van der Waals surface area contributed by atoms with Gasteiger partial charge in [0.1, 0.15) is 11.6 Å². The first kappa shape index (κ1) is 13.7. The van der Waals surface area contributed by atoms with Crippen LogP contribution in [0.2, 0.25) is 0 Å². The molecule has 0 saturated carbocycles. The van der Waals surface area contributed by atoms with Gasteiger partial charge in [-0.25, -0.2) is 8.78 Å². The summed E-state index contributed by atoms with van der Waals surface area (Å²) < 4.78 is 27.1. The van der Waals surface area contributed by atoms with E-state index in [1.54, 1.807) is 19.1 Å². The van der Waals surface area contributed by atoms with Gasteiger partial charge in [0.05, 0.1) is 12.0 Å². The third kappa shape index (κ3) is 2.98. The molecule has 102 valence electrons. The fourth-order valence-electron chi connectivity index (χ4n) is 2.24. The molecule has 0 radical (unpaired) electrons. The zero-order valence-electron chi connectivity index (χ0n) is 10.6. The SMILES string of the molecule is CC(NC(=O)C1C=CC(N)C1)c1c(F)cccc1F. The van der Waals surface area contributed by atoms with Crippen LogP contribution in [-0.4, -0.2) is 11.9 Å². The highest BCUT2D eigenvalue weighted by molar-refractivity contribution is 5.81. The van der Waals surface area contributed by atoms with Crippen LogP contribution in [0.3, 0.4) is 0 Å². The molecule has 19 heavy (non-hydrogen) atoms. The number of nitrogens with two attached hydrogens (primary N) is 1. The Morgan fingerprint density at radius 1 is 1.37 bits per heavy atom. The molecule has 1 aromatic rings. The maximum Gasteiger partial charge on any atom is 0.227 e. The first-order chi connectivity index (χ1) is 8.99. The van der Waals surface area contributed by atoms with E-state index in [1.165, 1.54) is 18.2 Å². The molecular weight excluding hydrogens is 250 g/mol. The van der Waals surface area contributed by atoms with Crippen LogP contribution in [0, 0.1) is 17.6 Å². The number of carbonyl (C=O) groups is 1. The van der Waals surface area contributed by atoms with E-state index in [4.69, 9.17) is 5.73 Å². The fraction of sp³-hybridized carbons (Fsp3) is 0.357. The van der Waals surface area contributed by atoms with E-state index in [0.29, 0.717) is 6.42 Å². The number of hydrogen-bond donors (Lipinski definition) is 2. The Balaban J connectivity index is 2.07. The lowest BCUT2D eigenvalue weighted by atomic mass is 10.0. The molecule has 3 unspecified atom stereocenters. The molecule has 0 fully saturated rings. The number of hydrogen-bond acceptors (Lipinski definition) is 2. The molecule has 3 nitrogen and oxygen atoms in total. The zero-order valence-corrected chi connectivity index (χ0v) is 10.6. The Morgan fingerprint density at radius 3 is 2.53 bits per heavy atom. The molecule has 0 heterocycles. The maximum absolute atomic E-state index is 13.6. The number of nitrogens with one attached hydrogen (secondary N) is 1. The molecule has 1 aromatic carbocycles. The molecule has 1 aliphatic rings. The summed E-state index contributed by atoms with van der Waals surface area (Å²) >= 11 is 0. The fourth-order valence-corrected chi connectivity index (χ4v) is 2.24. The van der Waals surface area contributed by atoms with Crippen LogP contribution >= 0.6 is 0 Å². The Morgan fingerprint density at radius 2 is 2.00 bits per heavy atom. The van der Waals surface area contributed by atoms with Gasteiger partial charge in [0.2, 0.25) is 5.91 Å². The third-order valence-corrected chi connectivity index (χ3v) is 3.24. The van der Waals surface area contributed by atoms with Gasteiger partial charge in [-0.15, -0.1) is 0 Å². The highest BCUT2D eigenvalue weighted by atomic mass is 19.1. The molecule has 0 spiro atoms. The van der Waals surface area contributed by atoms with Gasteiger partial charge in [0.15, 0.2) is 0 Å². The Kier molecular flexibility index (Phi) is 3.95. The predicted molar refractivity (Wildman–Crippen MR) is 68.1 cm³/mol. The second-order valence-electron chi connectivity index (χ2n) is 4.76. The first-order valence-electron chi connectivity index (χ1n) is 6.17. The van der Waals surface area contributed by atoms with E-state index >= 15 is 0 Å². The van der Waals surface area contributed by atoms with Gasteiger partial charge in [-0.1, -0.05) is 18.2 Å². The van der Waals surface area contributed by atoms with E-state index in [0.717, 1.165) is 0 Å². The van der Waals surface area contributed by atoms with Crippen LogP contribution < -0.4 is 11.1 Å². The van der Waals surface area contributed by atoms with E-state index < -0.39 is 17.7 Å². The summed E-state index contributed by atoms with van der Waals surface area (Å²) in [7, 11) is 0. The molecule has 3 N–H and O–H groups in total. The molecule has 0 bridgehead atoms. The van der Waals surface area contributed by atoms with Crippen molar-refractivity contribution in [3.8, 4) is 0 Å². The molecule has 0 saturated heterocycles. The minimum absolute atomic E-state index is 0.123. The molecule has 3 atom stereocenters. The molecule has 0 aromatic heterocycles. The van der Waals surface area contributed by atoms with Crippen molar-refractivity contribution < 1.29 is 13.6 Å². The molecule has 5 heteroatoms. The Bertz CT molecular complexity index is 496. The summed E-state index contributed by atoms with van der Waals surface area (Å²) in [5.74, 6) is -1.91. The quantitative estimate of drug-likeness (QED) is 0.823. The summed E-state index contributed by atoms with van der Waals surface area (Å²) in [5.41, 5.74) is 5.54. The van der Waals surface area contributed by atoms with E-state index in [9.17, 15) is 13.6 Å². The van der Waals surface area contributed by atoms with Crippen LogP contribution in [-0.2, 0) is 4.79 Å². The van der Waals surface area contributed by atoms with E-state index in [-0.39, 0.29) is 23.4 Å². The van der Waals surface area contributed by atoms with Crippen LogP contribution in [0.15, 0.2) is 30.4 Å². The average molecular weight is 266 g/mol. The van der Waals surface area contributed by atoms with Crippen molar-refractivity contribution in [2.75, 3.05) is 0 Å². The van der Waals surface area contributed by atoms with Gasteiger partial charge in [0, 0.05) is 11.6 Å². The lowest BCUT2D eigenvalue weighted by Gasteiger charge is -2.18. The van der Waals surface area contributed by atoms with E-state index in [2.05, 4.69) is 5.32 Å². The highest BCUT2D eigenvalue weighted by Crippen LogP contribution is 2.22. The van der Waals surface area contributed by atoms with Crippen molar-refractivity contribution in [1.82, 2.24) is 5.32 Å². The smallest absolute Gasteiger partial charge is 0.227 e. The number of amides is 1. The van der Waals surface area contributed by atoms with Gasteiger partial charge < -0.3 is 11.1 Å². The zero-order chi connectivity index (χ0) is 14.0. The predicted octanol–water partition coefficient (Wildman–Crippen LogP) is 2.05. The normalized spacial score (nSPS) is 23.4. The Labute approximate surface area is 110 Å². The van der Waals surface area contributed by atoms with Crippen molar-refractivity contribution in [1.29, 1.82) is 0 Å².